The molecule has 0 bridgehead atoms. The highest BCUT2D eigenvalue weighted by atomic mass is 16.4. The van der Waals surface area contributed by atoms with E-state index in [-0.39, 0.29) is 31.8 Å². The highest BCUT2D eigenvalue weighted by Crippen LogP contribution is 2.25. The molecular formula is C10H17N3O4. The van der Waals surface area contributed by atoms with E-state index in [4.69, 9.17) is 21.7 Å². The van der Waals surface area contributed by atoms with Crippen molar-refractivity contribution in [3.8, 4) is 0 Å². The summed E-state index contributed by atoms with van der Waals surface area (Å²) in [6, 6.07) is -0.273. The SMILES string of the molecule is NCC1N[C@H](N)C(CCC(=O)O)=C1CC(=O)O. The van der Waals surface area contributed by atoms with Gasteiger partial charge in [0, 0.05) is 19.0 Å². The predicted molar refractivity (Wildman–Crippen MR) is 60.1 cm³/mol. The maximum Gasteiger partial charge on any atom is 0.307 e. The highest BCUT2D eigenvalue weighted by molar-refractivity contribution is 5.71. The lowest BCUT2D eigenvalue weighted by atomic mass is 9.98. The molecule has 1 heterocycles. The lowest BCUT2D eigenvalue weighted by Gasteiger charge is -2.12. The third-order valence-electron chi connectivity index (χ3n) is 2.77. The van der Waals surface area contributed by atoms with Crippen molar-refractivity contribution in [2.75, 3.05) is 6.54 Å². The molecule has 1 aliphatic rings. The second-order valence-electron chi connectivity index (χ2n) is 3.95. The molecule has 0 aromatic heterocycles. The number of carbonyl (C=O) groups is 2. The molecule has 17 heavy (non-hydrogen) atoms. The molecule has 0 saturated heterocycles. The second kappa shape index (κ2) is 5.76. The van der Waals surface area contributed by atoms with Crippen LogP contribution in [0.4, 0.5) is 0 Å². The summed E-state index contributed by atoms with van der Waals surface area (Å²) >= 11 is 0. The molecule has 2 atom stereocenters. The molecule has 1 rings (SSSR count). The second-order valence-corrected chi connectivity index (χ2v) is 3.95. The van der Waals surface area contributed by atoms with Crippen LogP contribution in [0.1, 0.15) is 19.3 Å². The first-order chi connectivity index (χ1) is 7.95. The fourth-order valence-electron chi connectivity index (χ4n) is 2.01. The van der Waals surface area contributed by atoms with E-state index in [0.29, 0.717) is 11.1 Å². The third-order valence-corrected chi connectivity index (χ3v) is 2.77. The summed E-state index contributed by atoms with van der Waals surface area (Å²) in [6.07, 6.45) is -0.470. The normalized spacial score (nSPS) is 24.1. The summed E-state index contributed by atoms with van der Waals surface area (Å²) < 4.78 is 0. The van der Waals surface area contributed by atoms with E-state index in [9.17, 15) is 9.59 Å². The zero-order valence-electron chi connectivity index (χ0n) is 9.35. The van der Waals surface area contributed by atoms with Gasteiger partial charge in [0.1, 0.15) is 0 Å². The highest BCUT2D eigenvalue weighted by Gasteiger charge is 2.30. The van der Waals surface area contributed by atoms with Crippen LogP contribution in [0.25, 0.3) is 0 Å². The molecule has 0 amide bonds. The van der Waals surface area contributed by atoms with E-state index in [0.717, 1.165) is 0 Å². The van der Waals surface area contributed by atoms with Gasteiger partial charge < -0.3 is 21.7 Å². The van der Waals surface area contributed by atoms with Crippen LogP contribution in [0.2, 0.25) is 0 Å². The maximum absolute atomic E-state index is 10.7. The van der Waals surface area contributed by atoms with Gasteiger partial charge in [-0.1, -0.05) is 0 Å². The minimum Gasteiger partial charge on any atom is -0.481 e. The van der Waals surface area contributed by atoms with Crippen molar-refractivity contribution in [2.45, 2.75) is 31.5 Å². The first-order valence-electron chi connectivity index (χ1n) is 5.32. The Morgan fingerprint density at radius 1 is 1.24 bits per heavy atom. The molecule has 7 N–H and O–H groups in total. The zero-order valence-corrected chi connectivity index (χ0v) is 9.35. The van der Waals surface area contributed by atoms with Crippen LogP contribution < -0.4 is 16.8 Å². The van der Waals surface area contributed by atoms with Crippen LogP contribution >= 0.6 is 0 Å². The Morgan fingerprint density at radius 2 is 1.88 bits per heavy atom. The topological polar surface area (TPSA) is 139 Å². The summed E-state index contributed by atoms with van der Waals surface area (Å²) in [5, 5.41) is 20.4. The smallest absolute Gasteiger partial charge is 0.307 e. The van der Waals surface area contributed by atoms with Gasteiger partial charge >= 0.3 is 11.9 Å². The van der Waals surface area contributed by atoms with Crippen molar-refractivity contribution in [1.29, 1.82) is 0 Å². The number of nitrogens with two attached hydrogens (primary N) is 2. The Morgan fingerprint density at radius 3 is 2.35 bits per heavy atom. The predicted octanol–water partition coefficient (Wildman–Crippen LogP) is -1.16. The number of rotatable bonds is 6. The van der Waals surface area contributed by atoms with E-state index in [2.05, 4.69) is 5.32 Å². The summed E-state index contributed by atoms with van der Waals surface area (Å²) in [6.45, 7) is 0.243. The minimum atomic E-state index is -0.970. The Kier molecular flexibility index (Phi) is 4.62. The number of hydrogen-bond donors (Lipinski definition) is 5. The van der Waals surface area contributed by atoms with Crippen LogP contribution in [0.5, 0.6) is 0 Å². The summed E-state index contributed by atoms with van der Waals surface area (Å²) in [5.41, 5.74) is 12.6. The van der Waals surface area contributed by atoms with Gasteiger partial charge in [-0.25, -0.2) is 0 Å². The molecule has 0 saturated carbocycles. The standard InChI is InChI=1S/C10H17N3O4/c11-4-7-6(3-9(16)17)5(10(12)13-7)1-2-8(14)15/h7,10,13H,1-4,11-12H2,(H,14,15)(H,16,17)/t7?,10-/m0/s1. The summed E-state index contributed by atoms with van der Waals surface area (Å²) in [7, 11) is 0. The number of hydrogen-bond acceptors (Lipinski definition) is 5. The van der Waals surface area contributed by atoms with Gasteiger partial charge in [-0.2, -0.15) is 0 Å². The largest absolute Gasteiger partial charge is 0.481 e. The Labute approximate surface area is 98.5 Å². The van der Waals surface area contributed by atoms with Crippen LogP contribution in [-0.2, 0) is 9.59 Å². The first-order valence-corrected chi connectivity index (χ1v) is 5.32. The van der Waals surface area contributed by atoms with Crippen LogP contribution in [0.15, 0.2) is 11.1 Å². The molecule has 7 nitrogen and oxygen atoms in total. The molecule has 0 aromatic rings. The van der Waals surface area contributed by atoms with Crippen molar-refractivity contribution in [1.82, 2.24) is 5.32 Å². The van der Waals surface area contributed by atoms with Gasteiger partial charge in [-0.05, 0) is 17.6 Å². The number of carboxylic acid groups (broad SMARTS) is 2. The molecule has 0 aliphatic carbocycles. The molecule has 0 fully saturated rings. The first kappa shape index (κ1) is 13.6. The lowest BCUT2D eigenvalue weighted by molar-refractivity contribution is -0.137. The van der Waals surface area contributed by atoms with E-state index < -0.39 is 18.1 Å². The van der Waals surface area contributed by atoms with Gasteiger partial charge in [0.05, 0.1) is 12.6 Å². The van der Waals surface area contributed by atoms with E-state index in [1.165, 1.54) is 0 Å². The molecule has 7 heteroatoms. The number of aliphatic carboxylic acids is 2. The molecule has 0 radical (unpaired) electrons. The van der Waals surface area contributed by atoms with Crippen molar-refractivity contribution >= 4 is 11.9 Å². The minimum absolute atomic E-state index is 0.0644. The lowest BCUT2D eigenvalue weighted by Crippen LogP contribution is -2.42. The molecule has 0 aromatic carbocycles. The van der Waals surface area contributed by atoms with E-state index in [1.807, 2.05) is 0 Å². The van der Waals surface area contributed by atoms with Crippen molar-refractivity contribution in [3.63, 3.8) is 0 Å². The van der Waals surface area contributed by atoms with Crippen molar-refractivity contribution < 1.29 is 19.8 Å². The fraction of sp³-hybridized carbons (Fsp3) is 0.600. The average molecular weight is 243 g/mol. The molecule has 1 aliphatic heterocycles. The summed E-state index contributed by atoms with van der Waals surface area (Å²) in [5.74, 6) is -1.90. The molecular weight excluding hydrogens is 226 g/mol. The third kappa shape index (κ3) is 3.52. The van der Waals surface area contributed by atoms with Crippen LogP contribution in [-0.4, -0.2) is 40.9 Å². The fourth-order valence-corrected chi connectivity index (χ4v) is 2.01. The average Bonchev–Trinajstić information content (AvgIpc) is 2.51. The Bertz CT molecular complexity index is 353. The van der Waals surface area contributed by atoms with Gasteiger partial charge in [0.15, 0.2) is 0 Å². The van der Waals surface area contributed by atoms with Crippen molar-refractivity contribution in [2.24, 2.45) is 11.5 Å². The number of nitrogens with one attached hydrogen (secondary N) is 1. The van der Waals surface area contributed by atoms with Gasteiger partial charge in [0.2, 0.25) is 0 Å². The van der Waals surface area contributed by atoms with Gasteiger partial charge in [-0.3, -0.25) is 14.9 Å². The maximum atomic E-state index is 10.7. The quantitative estimate of drug-likeness (QED) is 0.371. The number of carboxylic acids is 2. The molecule has 1 unspecified atom stereocenters. The van der Waals surface area contributed by atoms with Gasteiger partial charge in [0.25, 0.3) is 0 Å². The van der Waals surface area contributed by atoms with Gasteiger partial charge in [-0.15, -0.1) is 0 Å². The van der Waals surface area contributed by atoms with Crippen LogP contribution in [0, 0.1) is 0 Å². The van der Waals surface area contributed by atoms with E-state index >= 15 is 0 Å². The summed E-state index contributed by atoms with van der Waals surface area (Å²) in [4.78, 5) is 21.3. The zero-order chi connectivity index (χ0) is 13.0. The molecule has 96 valence electrons. The van der Waals surface area contributed by atoms with Crippen molar-refractivity contribution in [3.05, 3.63) is 11.1 Å². The van der Waals surface area contributed by atoms with Crippen LogP contribution in [0.3, 0.4) is 0 Å². The Balaban J connectivity index is 2.87. The monoisotopic (exact) mass is 243 g/mol. The Hall–Kier alpha value is -1.44. The molecule has 0 spiro atoms. The van der Waals surface area contributed by atoms with E-state index in [1.54, 1.807) is 0 Å².